The highest BCUT2D eigenvalue weighted by atomic mass is 32.1. The van der Waals surface area contributed by atoms with E-state index in [0.29, 0.717) is 6.04 Å². The first kappa shape index (κ1) is 14.8. The summed E-state index contributed by atoms with van der Waals surface area (Å²) in [4.78, 5) is 8.48. The van der Waals surface area contributed by atoms with Crippen LogP contribution in [-0.4, -0.2) is 24.6 Å². The lowest BCUT2D eigenvalue weighted by Gasteiger charge is -2.19. The van der Waals surface area contributed by atoms with Crippen molar-refractivity contribution in [2.24, 2.45) is 5.92 Å². The lowest BCUT2D eigenvalue weighted by Crippen LogP contribution is -2.23. The molecule has 19 heavy (non-hydrogen) atoms. The fraction of sp³-hybridized carbons (Fsp3) is 0.800. The van der Waals surface area contributed by atoms with Crippen molar-refractivity contribution < 1.29 is 0 Å². The van der Waals surface area contributed by atoms with E-state index in [0.717, 1.165) is 12.5 Å². The Bertz CT molecular complexity index is 377. The molecule has 0 radical (unpaired) electrons. The van der Waals surface area contributed by atoms with Crippen LogP contribution in [0.3, 0.4) is 0 Å². The van der Waals surface area contributed by atoms with Gasteiger partial charge in [-0.05, 0) is 45.1 Å². The van der Waals surface area contributed by atoms with Gasteiger partial charge in [0.1, 0.15) is 0 Å². The molecule has 0 aromatic carbocycles. The highest BCUT2D eigenvalue weighted by molar-refractivity contribution is 7.15. The Morgan fingerprint density at radius 1 is 1.47 bits per heavy atom. The molecule has 2 atom stereocenters. The van der Waals surface area contributed by atoms with Crippen LogP contribution in [0.2, 0.25) is 0 Å². The van der Waals surface area contributed by atoms with Crippen molar-refractivity contribution in [2.75, 3.05) is 24.5 Å². The summed E-state index contributed by atoms with van der Waals surface area (Å²) in [5.74, 6) is 0.870. The predicted octanol–water partition coefficient (Wildman–Crippen LogP) is 3.83. The second-order valence-corrected chi connectivity index (χ2v) is 6.78. The summed E-state index contributed by atoms with van der Waals surface area (Å²) in [7, 11) is 0. The molecule has 0 spiro atoms. The zero-order valence-electron chi connectivity index (χ0n) is 12.5. The van der Waals surface area contributed by atoms with E-state index in [2.05, 4.69) is 42.2 Å². The SMILES string of the molecule is CCCNC(C)c1cnc(N2CCCC(C)CC2)s1. The molecule has 0 saturated carbocycles. The van der Waals surface area contributed by atoms with E-state index in [1.165, 1.54) is 48.8 Å². The van der Waals surface area contributed by atoms with E-state index in [1.54, 1.807) is 0 Å². The summed E-state index contributed by atoms with van der Waals surface area (Å²) in [6.07, 6.45) is 7.21. The molecule has 0 amide bonds. The lowest BCUT2D eigenvalue weighted by atomic mass is 10.0. The Kier molecular flexibility index (Phi) is 5.64. The summed E-state index contributed by atoms with van der Waals surface area (Å²) in [5.41, 5.74) is 0. The fourth-order valence-electron chi connectivity index (χ4n) is 2.54. The number of thiazole rings is 1. The summed E-state index contributed by atoms with van der Waals surface area (Å²) < 4.78 is 0. The van der Waals surface area contributed by atoms with Crippen LogP contribution >= 0.6 is 11.3 Å². The van der Waals surface area contributed by atoms with Gasteiger partial charge < -0.3 is 10.2 Å². The van der Waals surface area contributed by atoms with Crippen molar-refractivity contribution in [1.82, 2.24) is 10.3 Å². The molecule has 2 rings (SSSR count). The van der Waals surface area contributed by atoms with E-state index >= 15 is 0 Å². The van der Waals surface area contributed by atoms with E-state index in [-0.39, 0.29) is 0 Å². The van der Waals surface area contributed by atoms with Crippen LogP contribution in [-0.2, 0) is 0 Å². The second-order valence-electron chi connectivity index (χ2n) is 5.74. The largest absolute Gasteiger partial charge is 0.348 e. The van der Waals surface area contributed by atoms with Crippen LogP contribution < -0.4 is 10.2 Å². The summed E-state index contributed by atoms with van der Waals surface area (Å²) in [6, 6.07) is 0.428. The van der Waals surface area contributed by atoms with E-state index < -0.39 is 0 Å². The van der Waals surface area contributed by atoms with Crippen molar-refractivity contribution >= 4 is 16.5 Å². The Balaban J connectivity index is 1.95. The van der Waals surface area contributed by atoms with Gasteiger partial charge in [0.2, 0.25) is 0 Å². The predicted molar refractivity (Wildman–Crippen MR) is 84.1 cm³/mol. The van der Waals surface area contributed by atoms with Crippen LogP contribution in [0.1, 0.15) is 57.4 Å². The minimum atomic E-state index is 0.428. The molecule has 3 nitrogen and oxygen atoms in total. The van der Waals surface area contributed by atoms with Crippen molar-refractivity contribution in [3.05, 3.63) is 11.1 Å². The minimum Gasteiger partial charge on any atom is -0.348 e. The van der Waals surface area contributed by atoms with Gasteiger partial charge in [0.25, 0.3) is 0 Å². The topological polar surface area (TPSA) is 28.2 Å². The monoisotopic (exact) mass is 281 g/mol. The van der Waals surface area contributed by atoms with E-state index in [4.69, 9.17) is 0 Å². The molecule has 1 aromatic rings. The van der Waals surface area contributed by atoms with E-state index in [9.17, 15) is 0 Å². The third-order valence-electron chi connectivity index (χ3n) is 3.93. The first-order valence-electron chi connectivity index (χ1n) is 7.64. The second kappa shape index (κ2) is 7.25. The van der Waals surface area contributed by atoms with Crippen LogP contribution in [0, 0.1) is 5.92 Å². The Labute approximate surface area is 121 Å². The Morgan fingerprint density at radius 3 is 3.11 bits per heavy atom. The quantitative estimate of drug-likeness (QED) is 0.889. The van der Waals surface area contributed by atoms with Crippen LogP contribution in [0.4, 0.5) is 5.13 Å². The molecule has 0 aliphatic carbocycles. The highest BCUT2D eigenvalue weighted by Crippen LogP contribution is 2.29. The van der Waals surface area contributed by atoms with Crippen LogP contribution in [0.15, 0.2) is 6.20 Å². The van der Waals surface area contributed by atoms with Gasteiger partial charge >= 0.3 is 0 Å². The number of hydrogen-bond donors (Lipinski definition) is 1. The van der Waals surface area contributed by atoms with Gasteiger partial charge in [0.15, 0.2) is 5.13 Å². The lowest BCUT2D eigenvalue weighted by molar-refractivity contribution is 0.521. The molecular weight excluding hydrogens is 254 g/mol. The van der Waals surface area contributed by atoms with Gasteiger partial charge in [-0.1, -0.05) is 13.8 Å². The number of anilines is 1. The summed E-state index contributed by atoms with van der Waals surface area (Å²) in [5, 5.41) is 4.75. The van der Waals surface area contributed by atoms with Gasteiger partial charge in [0, 0.05) is 30.2 Å². The summed E-state index contributed by atoms with van der Waals surface area (Å²) in [6.45, 7) is 10.2. The van der Waals surface area contributed by atoms with E-state index in [1.807, 2.05) is 11.3 Å². The Hall–Kier alpha value is -0.610. The first-order valence-corrected chi connectivity index (χ1v) is 8.46. The maximum atomic E-state index is 4.64. The standard InChI is InChI=1S/C15H27N3S/c1-4-8-16-13(3)14-11-17-15(19-14)18-9-5-6-12(2)7-10-18/h11-13,16H,4-10H2,1-3H3. The first-order chi connectivity index (χ1) is 9.20. The number of nitrogens with one attached hydrogen (secondary N) is 1. The third-order valence-corrected chi connectivity index (χ3v) is 5.17. The Morgan fingerprint density at radius 2 is 2.32 bits per heavy atom. The molecule has 4 heteroatoms. The molecule has 2 heterocycles. The van der Waals surface area contributed by atoms with Crippen molar-refractivity contribution in [2.45, 2.75) is 52.5 Å². The number of nitrogens with zero attached hydrogens (tertiary/aromatic N) is 2. The molecule has 108 valence electrons. The fourth-order valence-corrected chi connectivity index (χ4v) is 3.53. The summed E-state index contributed by atoms with van der Waals surface area (Å²) >= 11 is 1.86. The number of hydrogen-bond acceptors (Lipinski definition) is 4. The zero-order chi connectivity index (χ0) is 13.7. The minimum absolute atomic E-state index is 0.428. The van der Waals surface area contributed by atoms with Gasteiger partial charge in [-0.2, -0.15) is 0 Å². The van der Waals surface area contributed by atoms with Crippen LogP contribution in [0.5, 0.6) is 0 Å². The maximum absolute atomic E-state index is 4.64. The average molecular weight is 281 g/mol. The molecular formula is C15H27N3S. The van der Waals surface area contributed by atoms with Gasteiger partial charge in [0.05, 0.1) is 0 Å². The molecule has 1 aromatic heterocycles. The zero-order valence-corrected chi connectivity index (χ0v) is 13.3. The van der Waals surface area contributed by atoms with Crippen molar-refractivity contribution in [3.63, 3.8) is 0 Å². The number of rotatable bonds is 5. The van der Waals surface area contributed by atoms with Crippen molar-refractivity contribution in [1.29, 1.82) is 0 Å². The molecule has 1 fully saturated rings. The average Bonchev–Trinajstić information content (AvgIpc) is 2.80. The molecule has 2 unspecified atom stereocenters. The molecule has 0 bridgehead atoms. The molecule has 1 N–H and O–H groups in total. The molecule has 1 aliphatic heterocycles. The third kappa shape index (κ3) is 4.18. The normalized spacial score (nSPS) is 22.3. The molecule has 1 saturated heterocycles. The maximum Gasteiger partial charge on any atom is 0.185 e. The smallest absolute Gasteiger partial charge is 0.185 e. The van der Waals surface area contributed by atoms with Gasteiger partial charge in [-0.15, -0.1) is 11.3 Å². The van der Waals surface area contributed by atoms with Crippen molar-refractivity contribution in [3.8, 4) is 0 Å². The van der Waals surface area contributed by atoms with Gasteiger partial charge in [-0.3, -0.25) is 0 Å². The van der Waals surface area contributed by atoms with Crippen LogP contribution in [0.25, 0.3) is 0 Å². The highest BCUT2D eigenvalue weighted by Gasteiger charge is 2.17. The number of aromatic nitrogens is 1. The van der Waals surface area contributed by atoms with Gasteiger partial charge in [-0.25, -0.2) is 4.98 Å². The molecule has 1 aliphatic rings.